The largest absolute Gasteiger partial charge is 0.395 e. The quantitative estimate of drug-likeness (QED) is 0.803. The van der Waals surface area contributed by atoms with Crippen LogP contribution in [-0.2, 0) is 6.42 Å². The fourth-order valence-electron chi connectivity index (χ4n) is 6.14. The zero-order valence-electron chi connectivity index (χ0n) is 17.6. The number of nitrogens with zero attached hydrogens (tertiary/aromatic N) is 4. The molecule has 4 aliphatic rings. The summed E-state index contributed by atoms with van der Waals surface area (Å²) in [5, 5.41) is 13.1. The molecule has 158 valence electrons. The second-order valence-corrected chi connectivity index (χ2v) is 9.60. The van der Waals surface area contributed by atoms with E-state index in [0.717, 1.165) is 43.3 Å². The van der Waals surface area contributed by atoms with Gasteiger partial charge < -0.3 is 15.3 Å². The minimum atomic E-state index is -0.0688. The van der Waals surface area contributed by atoms with Crippen molar-refractivity contribution in [3.8, 4) is 0 Å². The van der Waals surface area contributed by atoms with Crippen LogP contribution in [0.2, 0.25) is 0 Å². The van der Waals surface area contributed by atoms with E-state index in [4.69, 9.17) is 4.98 Å². The number of anilines is 1. The van der Waals surface area contributed by atoms with E-state index in [1.807, 2.05) is 0 Å². The highest BCUT2D eigenvalue weighted by molar-refractivity contribution is 5.96. The van der Waals surface area contributed by atoms with Crippen molar-refractivity contribution in [2.75, 3.05) is 37.7 Å². The maximum atomic E-state index is 12.5. The molecule has 4 atom stereocenters. The third-order valence-electron chi connectivity index (χ3n) is 7.50. The van der Waals surface area contributed by atoms with Gasteiger partial charge in [0, 0.05) is 43.2 Å². The van der Waals surface area contributed by atoms with Crippen LogP contribution in [0.5, 0.6) is 0 Å². The number of amides is 1. The number of hydrogen-bond donors (Lipinski definition) is 2. The summed E-state index contributed by atoms with van der Waals surface area (Å²) in [6.45, 7) is 8.09. The predicted molar refractivity (Wildman–Crippen MR) is 111 cm³/mol. The van der Waals surface area contributed by atoms with Crippen molar-refractivity contribution in [2.24, 2.45) is 11.8 Å². The predicted octanol–water partition coefficient (Wildman–Crippen LogP) is 1.56. The topological polar surface area (TPSA) is 81.6 Å². The fourth-order valence-corrected chi connectivity index (χ4v) is 6.14. The molecule has 1 aromatic heterocycles. The normalized spacial score (nSPS) is 32.0. The molecule has 0 aliphatic carbocycles. The summed E-state index contributed by atoms with van der Waals surface area (Å²) in [6.07, 6.45) is 5.78. The van der Waals surface area contributed by atoms with Gasteiger partial charge >= 0.3 is 0 Å². The van der Waals surface area contributed by atoms with Crippen molar-refractivity contribution in [3.63, 3.8) is 0 Å². The second-order valence-electron chi connectivity index (χ2n) is 9.60. The summed E-state index contributed by atoms with van der Waals surface area (Å²) < 4.78 is 0. The van der Waals surface area contributed by atoms with Crippen LogP contribution in [0.4, 0.5) is 5.82 Å². The molecule has 7 heteroatoms. The van der Waals surface area contributed by atoms with Crippen LogP contribution < -0.4 is 10.2 Å². The zero-order valence-corrected chi connectivity index (χ0v) is 17.6. The Hall–Kier alpha value is -1.73. The summed E-state index contributed by atoms with van der Waals surface area (Å²) in [7, 11) is 0. The molecule has 1 aromatic rings. The van der Waals surface area contributed by atoms with E-state index >= 15 is 0 Å². The number of rotatable bonds is 3. The van der Waals surface area contributed by atoms with Crippen LogP contribution in [0.15, 0.2) is 0 Å². The molecule has 3 fully saturated rings. The molecule has 4 aliphatic heterocycles. The zero-order chi connectivity index (χ0) is 20.1. The van der Waals surface area contributed by atoms with Crippen molar-refractivity contribution >= 4 is 11.7 Å². The number of aliphatic hydroxyl groups excluding tert-OH is 1. The van der Waals surface area contributed by atoms with E-state index in [9.17, 15) is 9.90 Å². The summed E-state index contributed by atoms with van der Waals surface area (Å²) in [6, 6.07) is 0.829. The number of nitrogens with one attached hydrogen (secondary N) is 1. The van der Waals surface area contributed by atoms with Crippen molar-refractivity contribution in [2.45, 2.75) is 64.0 Å². The Morgan fingerprint density at radius 1 is 1.21 bits per heavy atom. The number of fused-ring (bicyclic) bond motifs is 5. The fraction of sp³-hybridized carbons (Fsp3) is 0.773. The maximum absolute atomic E-state index is 12.5. The monoisotopic (exact) mass is 399 g/mol. The van der Waals surface area contributed by atoms with Gasteiger partial charge in [0.25, 0.3) is 5.91 Å². The van der Waals surface area contributed by atoms with Gasteiger partial charge in [-0.25, -0.2) is 9.97 Å². The van der Waals surface area contributed by atoms with Crippen LogP contribution in [0.1, 0.15) is 67.3 Å². The Bertz CT molecular complexity index is 784. The number of aromatic nitrogens is 2. The van der Waals surface area contributed by atoms with E-state index in [-0.39, 0.29) is 24.5 Å². The van der Waals surface area contributed by atoms with E-state index in [1.165, 1.54) is 25.7 Å². The van der Waals surface area contributed by atoms with Crippen LogP contribution in [0, 0.1) is 11.8 Å². The summed E-state index contributed by atoms with van der Waals surface area (Å²) >= 11 is 0. The summed E-state index contributed by atoms with van der Waals surface area (Å²) in [5.41, 5.74) is 1.58. The number of piperidine rings is 3. The Balaban J connectivity index is 1.52. The molecule has 7 nitrogen and oxygen atoms in total. The molecule has 2 bridgehead atoms. The lowest BCUT2D eigenvalue weighted by Gasteiger charge is -2.56. The first-order chi connectivity index (χ1) is 14.1. The van der Waals surface area contributed by atoms with E-state index < -0.39 is 0 Å². The van der Waals surface area contributed by atoms with Gasteiger partial charge in [0.05, 0.1) is 6.61 Å². The first-order valence-corrected chi connectivity index (χ1v) is 11.4. The van der Waals surface area contributed by atoms with Crippen molar-refractivity contribution < 1.29 is 9.90 Å². The minimum Gasteiger partial charge on any atom is -0.395 e. The Morgan fingerprint density at radius 2 is 2.03 bits per heavy atom. The SMILES string of the molecule is CC(C)c1nc2c(c(N3C[C@H]4C[C@@H](C3)[C@H](CO)N3CCCC[C@@H]43)n1)CCNC2=O. The minimum absolute atomic E-state index is 0.0688. The molecule has 2 N–H and O–H groups in total. The molecule has 0 radical (unpaired) electrons. The van der Waals surface area contributed by atoms with Gasteiger partial charge in [-0.05, 0) is 44.1 Å². The number of carbonyl (C=O) groups is 1. The van der Waals surface area contributed by atoms with Gasteiger partial charge in [0.2, 0.25) is 0 Å². The van der Waals surface area contributed by atoms with Gasteiger partial charge in [0.1, 0.15) is 17.3 Å². The average Bonchev–Trinajstić information content (AvgIpc) is 2.73. The second kappa shape index (κ2) is 7.51. The number of aliphatic hydroxyl groups is 1. The molecule has 0 spiro atoms. The molecule has 0 aromatic carbocycles. The highest BCUT2D eigenvalue weighted by Gasteiger charge is 2.47. The highest BCUT2D eigenvalue weighted by Crippen LogP contribution is 2.42. The lowest BCUT2D eigenvalue weighted by molar-refractivity contribution is -0.0519. The van der Waals surface area contributed by atoms with Crippen molar-refractivity contribution in [3.05, 3.63) is 17.1 Å². The Labute approximate surface area is 172 Å². The van der Waals surface area contributed by atoms with Crippen LogP contribution >= 0.6 is 0 Å². The van der Waals surface area contributed by atoms with Gasteiger partial charge in [-0.2, -0.15) is 0 Å². The van der Waals surface area contributed by atoms with Crippen LogP contribution in [-0.4, -0.2) is 70.8 Å². The standard InChI is InChI=1S/C22H33N5O2/c1-13(2)20-24-19-16(6-7-23-22(19)29)21(25-20)26-10-14-9-15(11-26)18(12-28)27-8-4-3-5-17(14)27/h13-15,17-18,28H,3-12H2,1-2H3,(H,23,29)/t14-,15+,17+,18+/m1/s1. The number of carbonyl (C=O) groups excluding carboxylic acids is 1. The average molecular weight is 400 g/mol. The lowest BCUT2D eigenvalue weighted by Crippen LogP contribution is -2.64. The third kappa shape index (κ3) is 3.22. The lowest BCUT2D eigenvalue weighted by atomic mass is 9.72. The molecule has 0 saturated carbocycles. The van der Waals surface area contributed by atoms with E-state index in [0.29, 0.717) is 30.1 Å². The van der Waals surface area contributed by atoms with Crippen LogP contribution in [0.3, 0.4) is 0 Å². The summed E-state index contributed by atoms with van der Waals surface area (Å²) in [4.78, 5) is 27.2. The smallest absolute Gasteiger partial charge is 0.270 e. The molecule has 5 heterocycles. The molecule has 29 heavy (non-hydrogen) atoms. The van der Waals surface area contributed by atoms with E-state index in [2.05, 4.69) is 33.9 Å². The Kier molecular flexibility index (Phi) is 4.98. The van der Waals surface area contributed by atoms with Gasteiger partial charge in [-0.15, -0.1) is 0 Å². The highest BCUT2D eigenvalue weighted by atomic mass is 16.3. The summed E-state index contributed by atoms with van der Waals surface area (Å²) in [5.74, 6) is 2.91. The van der Waals surface area contributed by atoms with Crippen molar-refractivity contribution in [1.29, 1.82) is 0 Å². The number of hydrogen-bond acceptors (Lipinski definition) is 6. The van der Waals surface area contributed by atoms with E-state index in [1.54, 1.807) is 0 Å². The molecule has 1 amide bonds. The van der Waals surface area contributed by atoms with Crippen LogP contribution in [0.25, 0.3) is 0 Å². The maximum Gasteiger partial charge on any atom is 0.270 e. The van der Waals surface area contributed by atoms with Gasteiger partial charge in [-0.3, -0.25) is 9.69 Å². The first kappa shape index (κ1) is 19.2. The molecule has 3 saturated heterocycles. The molecule has 0 unspecified atom stereocenters. The molecular formula is C22H33N5O2. The Morgan fingerprint density at radius 3 is 2.83 bits per heavy atom. The molecular weight excluding hydrogens is 366 g/mol. The van der Waals surface area contributed by atoms with Crippen molar-refractivity contribution in [1.82, 2.24) is 20.2 Å². The first-order valence-electron chi connectivity index (χ1n) is 11.4. The third-order valence-corrected chi connectivity index (χ3v) is 7.50. The van der Waals surface area contributed by atoms with Gasteiger partial charge in [-0.1, -0.05) is 20.3 Å². The van der Waals surface area contributed by atoms with Gasteiger partial charge in [0.15, 0.2) is 0 Å². The molecule has 5 rings (SSSR count).